The minimum atomic E-state index is -4.49. The molecule has 0 amide bonds. The second-order valence-electron chi connectivity index (χ2n) is 5.24. The first-order chi connectivity index (χ1) is 9.62. The summed E-state index contributed by atoms with van der Waals surface area (Å²) in [5, 5.41) is 0. The topological polar surface area (TPSA) is 63.4 Å². The number of halogens is 4. The molecule has 1 aliphatic heterocycles. The normalized spacial score (nSPS) is 20.5. The lowest BCUT2D eigenvalue weighted by atomic mass is 10.1. The van der Waals surface area contributed by atoms with Crippen LogP contribution in [0, 0.1) is 6.92 Å². The van der Waals surface area contributed by atoms with Crippen LogP contribution in [0.3, 0.4) is 0 Å². The lowest BCUT2D eigenvalue weighted by Gasteiger charge is -2.30. The minimum Gasteiger partial charge on any atom is -0.327 e. The molecule has 1 saturated heterocycles. The molecule has 0 spiro atoms. The van der Waals surface area contributed by atoms with E-state index in [0.717, 1.165) is 24.6 Å². The minimum absolute atomic E-state index is 0. The third-order valence-corrected chi connectivity index (χ3v) is 5.57. The molecule has 4 nitrogen and oxygen atoms in total. The Balaban J connectivity index is 0.00000242. The molecule has 1 aliphatic rings. The summed E-state index contributed by atoms with van der Waals surface area (Å²) in [5.74, 6) is 0. The van der Waals surface area contributed by atoms with Crippen molar-refractivity contribution in [3.8, 4) is 0 Å². The Bertz CT molecular complexity index is 635. The molecule has 1 heterocycles. The van der Waals surface area contributed by atoms with Crippen molar-refractivity contribution in [1.82, 2.24) is 4.31 Å². The summed E-state index contributed by atoms with van der Waals surface area (Å²) in [5.41, 5.74) is 5.00. The fourth-order valence-corrected chi connectivity index (χ4v) is 4.19. The number of nitrogens with two attached hydrogens (primary N) is 1. The zero-order valence-electron chi connectivity index (χ0n) is 11.9. The van der Waals surface area contributed by atoms with Crippen LogP contribution in [0.5, 0.6) is 0 Å². The molecule has 0 unspecified atom stereocenters. The zero-order valence-corrected chi connectivity index (χ0v) is 13.6. The van der Waals surface area contributed by atoms with E-state index >= 15 is 0 Å². The van der Waals surface area contributed by atoms with Gasteiger partial charge in [0.05, 0.1) is 10.5 Å². The molecule has 1 fully saturated rings. The lowest BCUT2D eigenvalue weighted by molar-refractivity contribution is -0.137. The van der Waals surface area contributed by atoms with Crippen LogP contribution in [0.1, 0.15) is 24.0 Å². The number of benzene rings is 1. The van der Waals surface area contributed by atoms with E-state index in [9.17, 15) is 21.6 Å². The Kier molecular flexibility index (Phi) is 5.88. The molecule has 0 saturated carbocycles. The summed E-state index contributed by atoms with van der Waals surface area (Å²) in [4.78, 5) is -0.0930. The average molecular weight is 359 g/mol. The summed E-state index contributed by atoms with van der Waals surface area (Å²) >= 11 is 0. The molecule has 0 aromatic heterocycles. The van der Waals surface area contributed by atoms with E-state index in [2.05, 4.69) is 0 Å². The third kappa shape index (κ3) is 3.92. The molecule has 9 heteroatoms. The Morgan fingerprint density at radius 2 is 1.95 bits per heavy atom. The number of rotatable bonds is 2. The molecule has 2 N–H and O–H groups in total. The van der Waals surface area contributed by atoms with Crippen molar-refractivity contribution in [1.29, 1.82) is 0 Å². The maximum absolute atomic E-state index is 12.6. The quantitative estimate of drug-likeness (QED) is 0.883. The van der Waals surface area contributed by atoms with Crippen LogP contribution in [0.25, 0.3) is 0 Å². The van der Waals surface area contributed by atoms with Gasteiger partial charge in [-0.1, -0.05) is 0 Å². The highest BCUT2D eigenvalue weighted by Gasteiger charge is 2.34. The predicted octanol–water partition coefficient (Wildman–Crippen LogP) is 2.55. The van der Waals surface area contributed by atoms with E-state index in [1.54, 1.807) is 0 Å². The van der Waals surface area contributed by atoms with Crippen molar-refractivity contribution in [3.05, 3.63) is 29.3 Å². The van der Waals surface area contributed by atoms with E-state index < -0.39 is 21.8 Å². The molecule has 1 aromatic rings. The van der Waals surface area contributed by atoms with Gasteiger partial charge in [0, 0.05) is 19.1 Å². The SMILES string of the molecule is Cc1cc(C(F)(F)F)ccc1S(=O)(=O)N1CCC[C@@H](N)C1.Cl. The Labute approximate surface area is 133 Å². The molecule has 1 atom stereocenters. The highest BCUT2D eigenvalue weighted by Crippen LogP contribution is 2.32. The van der Waals surface area contributed by atoms with Gasteiger partial charge < -0.3 is 5.73 Å². The van der Waals surface area contributed by atoms with E-state index in [1.165, 1.54) is 11.2 Å². The maximum atomic E-state index is 12.6. The standard InChI is InChI=1S/C13H17F3N2O2S.ClH/c1-9-7-10(13(14,15)16)4-5-12(9)21(19,20)18-6-2-3-11(17)8-18;/h4-5,7,11H,2-3,6,8,17H2,1H3;1H/t11-;/m1./s1. The first kappa shape index (κ1) is 19.2. The van der Waals surface area contributed by atoms with Crippen molar-refractivity contribution in [2.45, 2.75) is 36.9 Å². The van der Waals surface area contributed by atoms with Crippen LogP contribution in [0.2, 0.25) is 0 Å². The van der Waals surface area contributed by atoms with Gasteiger partial charge in [0.2, 0.25) is 10.0 Å². The van der Waals surface area contributed by atoms with Crippen molar-refractivity contribution in [2.24, 2.45) is 5.73 Å². The Hall–Kier alpha value is -0.830. The molecular formula is C13H18ClF3N2O2S. The van der Waals surface area contributed by atoms with Gasteiger partial charge in [0.25, 0.3) is 0 Å². The van der Waals surface area contributed by atoms with Gasteiger partial charge in [-0.05, 0) is 43.5 Å². The largest absolute Gasteiger partial charge is 0.416 e. The van der Waals surface area contributed by atoms with Crippen LogP contribution in [0.4, 0.5) is 13.2 Å². The van der Waals surface area contributed by atoms with Crippen molar-refractivity contribution < 1.29 is 21.6 Å². The van der Waals surface area contributed by atoms with Crippen LogP contribution in [-0.2, 0) is 16.2 Å². The highest BCUT2D eigenvalue weighted by atomic mass is 35.5. The molecule has 0 aliphatic carbocycles. The number of piperidine rings is 1. The Morgan fingerprint density at radius 1 is 1.32 bits per heavy atom. The molecular weight excluding hydrogens is 341 g/mol. The molecule has 0 bridgehead atoms. The number of hydrogen-bond acceptors (Lipinski definition) is 3. The second kappa shape index (κ2) is 6.74. The maximum Gasteiger partial charge on any atom is 0.416 e. The highest BCUT2D eigenvalue weighted by molar-refractivity contribution is 7.89. The molecule has 126 valence electrons. The van der Waals surface area contributed by atoms with Crippen LogP contribution in [-0.4, -0.2) is 31.9 Å². The van der Waals surface area contributed by atoms with Gasteiger partial charge >= 0.3 is 6.18 Å². The second-order valence-corrected chi connectivity index (χ2v) is 7.15. The van der Waals surface area contributed by atoms with E-state index in [-0.39, 0.29) is 35.5 Å². The van der Waals surface area contributed by atoms with Gasteiger partial charge in [0.15, 0.2) is 0 Å². The van der Waals surface area contributed by atoms with Gasteiger partial charge in [-0.2, -0.15) is 17.5 Å². The van der Waals surface area contributed by atoms with Crippen molar-refractivity contribution in [2.75, 3.05) is 13.1 Å². The van der Waals surface area contributed by atoms with Crippen LogP contribution < -0.4 is 5.73 Å². The van der Waals surface area contributed by atoms with Gasteiger partial charge in [-0.15, -0.1) is 12.4 Å². The number of aryl methyl sites for hydroxylation is 1. The fraction of sp³-hybridized carbons (Fsp3) is 0.538. The van der Waals surface area contributed by atoms with E-state index in [4.69, 9.17) is 5.73 Å². The van der Waals surface area contributed by atoms with E-state index in [1.807, 2.05) is 0 Å². The molecule has 0 radical (unpaired) electrons. The van der Waals surface area contributed by atoms with Crippen LogP contribution >= 0.6 is 12.4 Å². The average Bonchev–Trinajstić information content (AvgIpc) is 2.37. The number of sulfonamides is 1. The summed E-state index contributed by atoms with van der Waals surface area (Å²) in [6, 6.07) is 2.44. The first-order valence-corrected chi connectivity index (χ1v) is 8.00. The lowest BCUT2D eigenvalue weighted by Crippen LogP contribution is -2.45. The number of nitrogens with zero attached hydrogens (tertiary/aromatic N) is 1. The summed E-state index contributed by atoms with van der Waals surface area (Å²) in [7, 11) is -3.80. The number of hydrogen-bond donors (Lipinski definition) is 1. The molecule has 1 aromatic carbocycles. The predicted molar refractivity (Wildman–Crippen MR) is 79.4 cm³/mol. The summed E-state index contributed by atoms with van der Waals surface area (Å²) in [6.07, 6.45) is -3.08. The van der Waals surface area contributed by atoms with Gasteiger partial charge in [-0.3, -0.25) is 0 Å². The smallest absolute Gasteiger partial charge is 0.327 e. The summed E-state index contributed by atoms with van der Waals surface area (Å²) < 4.78 is 64.1. The summed E-state index contributed by atoms with van der Waals surface area (Å²) in [6.45, 7) is 1.91. The van der Waals surface area contributed by atoms with Crippen molar-refractivity contribution >= 4 is 22.4 Å². The monoisotopic (exact) mass is 358 g/mol. The third-order valence-electron chi connectivity index (χ3n) is 3.54. The molecule has 2 rings (SSSR count). The number of alkyl halides is 3. The Morgan fingerprint density at radius 3 is 2.45 bits per heavy atom. The zero-order chi connectivity index (χ0) is 15.8. The van der Waals surface area contributed by atoms with Gasteiger partial charge in [-0.25, -0.2) is 8.42 Å². The van der Waals surface area contributed by atoms with E-state index in [0.29, 0.717) is 13.0 Å². The first-order valence-electron chi connectivity index (χ1n) is 6.56. The van der Waals surface area contributed by atoms with Gasteiger partial charge in [0.1, 0.15) is 0 Å². The molecule has 22 heavy (non-hydrogen) atoms. The van der Waals surface area contributed by atoms with Crippen LogP contribution in [0.15, 0.2) is 23.1 Å². The van der Waals surface area contributed by atoms with Crippen molar-refractivity contribution in [3.63, 3.8) is 0 Å². The fourth-order valence-electron chi connectivity index (χ4n) is 2.45.